The molecule has 2 heteroatoms. The van der Waals surface area contributed by atoms with Crippen LogP contribution in [0.15, 0.2) is 0 Å². The molecule has 0 atom stereocenters. The summed E-state index contributed by atoms with van der Waals surface area (Å²) in [5.41, 5.74) is 4.81. The highest BCUT2D eigenvalue weighted by Crippen LogP contribution is 2.31. The van der Waals surface area contributed by atoms with Gasteiger partial charge < -0.3 is 4.74 Å². The van der Waals surface area contributed by atoms with Gasteiger partial charge in [0.2, 0.25) is 0 Å². The zero-order valence-corrected chi connectivity index (χ0v) is 11.8. The highest BCUT2D eigenvalue weighted by atomic mass is 16.5. The van der Waals surface area contributed by atoms with Gasteiger partial charge in [0, 0.05) is 12.0 Å². The fourth-order valence-electron chi connectivity index (χ4n) is 1.98. The lowest BCUT2D eigenvalue weighted by molar-refractivity contribution is 0.112. The van der Waals surface area contributed by atoms with E-state index in [0.29, 0.717) is 6.61 Å². The number of carbonyl (C=O) groups is 1. The van der Waals surface area contributed by atoms with Gasteiger partial charge in [-0.3, -0.25) is 4.79 Å². The molecule has 0 spiro atoms. The van der Waals surface area contributed by atoms with Crippen molar-refractivity contribution >= 4 is 6.29 Å². The maximum absolute atomic E-state index is 11.1. The summed E-state index contributed by atoms with van der Waals surface area (Å²) in [7, 11) is 0. The highest BCUT2D eigenvalue weighted by molar-refractivity contribution is 5.82. The van der Waals surface area contributed by atoms with Crippen LogP contribution in [0.2, 0.25) is 0 Å². The zero-order valence-electron chi connectivity index (χ0n) is 11.8. The molecular weight excluding hydrogens is 224 g/mol. The highest BCUT2D eigenvalue weighted by Gasteiger charge is 2.14. The minimum Gasteiger partial charge on any atom is -0.480 e. The monoisotopic (exact) mass is 244 g/mol. The minimum atomic E-state index is 0.398. The number of rotatable bonds is 3. The Morgan fingerprint density at radius 2 is 1.56 bits per heavy atom. The number of hydrogen-bond donors (Lipinski definition) is 0. The van der Waals surface area contributed by atoms with Gasteiger partial charge in [-0.25, -0.2) is 0 Å². The van der Waals surface area contributed by atoms with Crippen molar-refractivity contribution in [1.29, 1.82) is 0 Å². The molecule has 0 heterocycles. The van der Waals surface area contributed by atoms with Crippen molar-refractivity contribution in [1.82, 2.24) is 0 Å². The second kappa shape index (κ2) is 6.26. The first-order valence-corrected chi connectivity index (χ1v) is 6.18. The lowest BCUT2D eigenvalue weighted by Crippen LogP contribution is -2.05. The maximum atomic E-state index is 11.1. The van der Waals surface area contributed by atoms with Crippen LogP contribution in [0.5, 0.6) is 5.75 Å². The van der Waals surface area contributed by atoms with Crippen molar-refractivity contribution in [2.75, 3.05) is 6.61 Å². The van der Waals surface area contributed by atoms with Gasteiger partial charge in [0.1, 0.15) is 12.4 Å². The molecule has 1 rings (SSSR count). The van der Waals surface area contributed by atoms with Crippen LogP contribution in [-0.2, 0) is 0 Å². The predicted octanol–water partition coefficient (Wildman–Crippen LogP) is 3.52. The Balaban J connectivity index is 3.17. The molecule has 18 heavy (non-hydrogen) atoms. The number of carbonyl (C=O) groups excluding carboxylic acids is 1. The zero-order chi connectivity index (χ0) is 13.7. The smallest absolute Gasteiger partial charge is 0.150 e. The molecule has 0 bridgehead atoms. The Morgan fingerprint density at radius 1 is 1.00 bits per heavy atom. The fraction of sp³-hybridized carbons (Fsp3) is 0.438. The van der Waals surface area contributed by atoms with Gasteiger partial charge in [0.25, 0.3) is 0 Å². The SMILES string of the molecule is CCC#CCOc1c(C)c(C)c(C=O)c(C)c1C. The number of benzene rings is 1. The topological polar surface area (TPSA) is 26.3 Å². The van der Waals surface area contributed by atoms with E-state index < -0.39 is 0 Å². The van der Waals surface area contributed by atoms with Gasteiger partial charge in [-0.15, -0.1) is 5.92 Å². The summed E-state index contributed by atoms with van der Waals surface area (Å²) in [4.78, 5) is 11.1. The van der Waals surface area contributed by atoms with Gasteiger partial charge in [-0.1, -0.05) is 12.8 Å². The van der Waals surface area contributed by atoms with Gasteiger partial charge in [0.15, 0.2) is 6.29 Å². The normalized spacial score (nSPS) is 9.61. The van der Waals surface area contributed by atoms with E-state index in [2.05, 4.69) is 11.8 Å². The van der Waals surface area contributed by atoms with Crippen molar-refractivity contribution < 1.29 is 9.53 Å². The molecule has 0 fully saturated rings. The van der Waals surface area contributed by atoms with Crippen molar-refractivity contribution in [2.24, 2.45) is 0 Å². The summed E-state index contributed by atoms with van der Waals surface area (Å²) in [6.45, 7) is 10.3. The van der Waals surface area contributed by atoms with Gasteiger partial charge in [0.05, 0.1) is 0 Å². The summed E-state index contributed by atoms with van der Waals surface area (Å²) in [5.74, 6) is 6.80. The molecular formula is C16H20O2. The summed E-state index contributed by atoms with van der Waals surface area (Å²) in [6.07, 6.45) is 1.76. The largest absolute Gasteiger partial charge is 0.480 e. The second-order valence-electron chi connectivity index (χ2n) is 4.36. The van der Waals surface area contributed by atoms with Crippen LogP contribution >= 0.6 is 0 Å². The maximum Gasteiger partial charge on any atom is 0.150 e. The first-order valence-electron chi connectivity index (χ1n) is 6.18. The Hall–Kier alpha value is -1.75. The molecule has 0 aliphatic carbocycles. The molecule has 1 aromatic rings. The molecule has 0 saturated carbocycles. The van der Waals surface area contributed by atoms with E-state index in [1.807, 2.05) is 34.6 Å². The molecule has 0 aromatic heterocycles. The van der Waals surface area contributed by atoms with Crippen LogP contribution in [0.3, 0.4) is 0 Å². The Kier molecular flexibility index (Phi) is 4.97. The van der Waals surface area contributed by atoms with Gasteiger partial charge >= 0.3 is 0 Å². The Bertz CT molecular complexity index is 487. The van der Waals surface area contributed by atoms with Crippen LogP contribution in [0.25, 0.3) is 0 Å². The average Bonchev–Trinajstić information content (AvgIpc) is 2.36. The molecule has 96 valence electrons. The van der Waals surface area contributed by atoms with E-state index in [4.69, 9.17) is 4.74 Å². The van der Waals surface area contributed by atoms with Crippen LogP contribution in [0.1, 0.15) is 46.0 Å². The van der Waals surface area contributed by atoms with Gasteiger partial charge in [-0.2, -0.15) is 0 Å². The quantitative estimate of drug-likeness (QED) is 0.600. The van der Waals surface area contributed by atoms with E-state index >= 15 is 0 Å². The molecule has 0 radical (unpaired) electrons. The summed E-state index contributed by atoms with van der Waals surface area (Å²) in [5, 5.41) is 0. The minimum absolute atomic E-state index is 0.398. The van der Waals surface area contributed by atoms with Crippen LogP contribution in [0.4, 0.5) is 0 Å². The molecule has 0 N–H and O–H groups in total. The van der Waals surface area contributed by atoms with Crippen LogP contribution in [-0.4, -0.2) is 12.9 Å². The second-order valence-corrected chi connectivity index (χ2v) is 4.36. The fourth-order valence-corrected chi connectivity index (χ4v) is 1.98. The predicted molar refractivity (Wildman–Crippen MR) is 74.3 cm³/mol. The van der Waals surface area contributed by atoms with Gasteiger partial charge in [-0.05, 0) is 49.9 Å². The van der Waals surface area contributed by atoms with E-state index in [9.17, 15) is 4.79 Å². The van der Waals surface area contributed by atoms with Crippen LogP contribution in [0, 0.1) is 39.5 Å². The standard InChI is InChI=1S/C16H20O2/c1-6-7-8-9-18-16-13(4)11(2)15(10-17)12(3)14(16)5/h10H,6,9H2,1-5H3. The van der Waals surface area contributed by atoms with E-state index in [0.717, 1.165) is 46.3 Å². The molecule has 2 nitrogen and oxygen atoms in total. The Morgan fingerprint density at radius 3 is 2.00 bits per heavy atom. The lowest BCUT2D eigenvalue weighted by Gasteiger charge is -2.17. The lowest BCUT2D eigenvalue weighted by atomic mass is 9.94. The average molecular weight is 244 g/mol. The number of aldehydes is 1. The molecule has 0 aliphatic rings. The number of ether oxygens (including phenoxy) is 1. The third kappa shape index (κ3) is 2.73. The first-order chi connectivity index (χ1) is 8.54. The first kappa shape index (κ1) is 14.3. The third-order valence-electron chi connectivity index (χ3n) is 3.32. The summed E-state index contributed by atoms with van der Waals surface area (Å²) in [6, 6.07) is 0. The van der Waals surface area contributed by atoms with E-state index in [-0.39, 0.29) is 0 Å². The molecule has 0 amide bonds. The van der Waals surface area contributed by atoms with Crippen molar-refractivity contribution in [3.8, 4) is 17.6 Å². The van der Waals surface area contributed by atoms with E-state index in [1.54, 1.807) is 0 Å². The van der Waals surface area contributed by atoms with Crippen molar-refractivity contribution in [3.63, 3.8) is 0 Å². The van der Waals surface area contributed by atoms with Crippen LogP contribution < -0.4 is 4.74 Å². The molecule has 0 saturated heterocycles. The third-order valence-corrected chi connectivity index (χ3v) is 3.32. The van der Waals surface area contributed by atoms with Crippen molar-refractivity contribution in [2.45, 2.75) is 41.0 Å². The summed E-state index contributed by atoms with van der Waals surface area (Å²) >= 11 is 0. The summed E-state index contributed by atoms with van der Waals surface area (Å²) < 4.78 is 5.74. The number of hydrogen-bond acceptors (Lipinski definition) is 2. The molecule has 1 aromatic carbocycles. The van der Waals surface area contributed by atoms with E-state index in [1.165, 1.54) is 0 Å². The van der Waals surface area contributed by atoms with Crippen molar-refractivity contribution in [3.05, 3.63) is 27.8 Å². The Labute approximate surface area is 109 Å². The molecule has 0 unspecified atom stereocenters. The molecule has 0 aliphatic heterocycles.